The molecule has 1 saturated heterocycles. The maximum atomic E-state index is 13.5. The Morgan fingerprint density at radius 3 is 2.35 bits per heavy atom. The first-order valence-corrected chi connectivity index (χ1v) is 11.4. The molecule has 0 N–H and O–H groups in total. The van der Waals surface area contributed by atoms with Crippen LogP contribution in [-0.2, 0) is 20.7 Å². The van der Waals surface area contributed by atoms with E-state index in [0.717, 1.165) is 16.5 Å². The molecule has 188 valence electrons. The highest BCUT2D eigenvalue weighted by molar-refractivity contribution is 6.23. The van der Waals surface area contributed by atoms with E-state index < -0.39 is 34.7 Å². The number of carbonyl (C=O) groups is 4. The maximum absolute atomic E-state index is 13.5. The molecule has 3 amide bonds. The first-order chi connectivity index (χ1) is 17.8. The van der Waals surface area contributed by atoms with Crippen LogP contribution in [0.25, 0.3) is 0 Å². The van der Waals surface area contributed by atoms with Gasteiger partial charge < -0.3 is 9.64 Å². The zero-order chi connectivity index (χ0) is 26.5. The van der Waals surface area contributed by atoms with E-state index in [1.807, 2.05) is 30.3 Å². The number of anilines is 1. The van der Waals surface area contributed by atoms with Crippen LogP contribution in [0.5, 0.6) is 0 Å². The second-order valence-electron chi connectivity index (χ2n) is 8.37. The van der Waals surface area contributed by atoms with Crippen LogP contribution in [0.2, 0.25) is 0 Å². The zero-order valence-electron chi connectivity index (χ0n) is 19.9. The van der Waals surface area contributed by atoms with Gasteiger partial charge in [-0.15, -0.1) is 0 Å². The Labute approximate surface area is 212 Å². The Hall–Kier alpha value is -4.86. The molecule has 0 aliphatic carbocycles. The standard InChI is InChI=1S/C27H23N3O7/c1-37-27(34)19-10-12-21(13-11-19)29-24(31)17-23(26(29)33)28(15-14-18-6-3-2-4-7-18)25(32)20-8-5-9-22(16-20)30(35)36/h2-13,16,23H,14-15,17H2,1H3. The highest BCUT2D eigenvalue weighted by atomic mass is 16.6. The van der Waals surface area contributed by atoms with Gasteiger partial charge in [0.15, 0.2) is 0 Å². The molecule has 0 aromatic heterocycles. The van der Waals surface area contributed by atoms with Gasteiger partial charge in [0, 0.05) is 24.2 Å². The number of methoxy groups -OCH3 is 1. The van der Waals surface area contributed by atoms with E-state index in [9.17, 15) is 29.3 Å². The number of carbonyl (C=O) groups excluding carboxylic acids is 4. The second-order valence-corrected chi connectivity index (χ2v) is 8.37. The Bertz CT molecular complexity index is 1360. The molecule has 4 rings (SSSR count). The quantitative estimate of drug-likeness (QED) is 0.200. The molecule has 0 spiro atoms. The van der Waals surface area contributed by atoms with Crippen LogP contribution in [-0.4, -0.2) is 53.2 Å². The van der Waals surface area contributed by atoms with E-state index in [1.165, 1.54) is 54.5 Å². The summed E-state index contributed by atoms with van der Waals surface area (Å²) in [5.74, 6) is -2.24. The summed E-state index contributed by atoms with van der Waals surface area (Å²) in [6, 6.07) is 19.3. The van der Waals surface area contributed by atoms with Crippen molar-refractivity contribution in [3.8, 4) is 0 Å². The molecule has 3 aromatic rings. The van der Waals surface area contributed by atoms with Crippen LogP contribution in [0.15, 0.2) is 78.9 Å². The molecule has 10 heteroatoms. The van der Waals surface area contributed by atoms with E-state index in [1.54, 1.807) is 0 Å². The molecule has 0 bridgehead atoms. The highest BCUT2D eigenvalue weighted by Crippen LogP contribution is 2.28. The van der Waals surface area contributed by atoms with Crippen LogP contribution in [0.1, 0.15) is 32.7 Å². The molecule has 10 nitrogen and oxygen atoms in total. The van der Waals surface area contributed by atoms with Gasteiger partial charge in [-0.05, 0) is 42.3 Å². The summed E-state index contributed by atoms with van der Waals surface area (Å²) >= 11 is 0. The topological polar surface area (TPSA) is 127 Å². The van der Waals surface area contributed by atoms with E-state index in [-0.39, 0.29) is 35.5 Å². The maximum Gasteiger partial charge on any atom is 0.337 e. The molecular formula is C27H23N3O7. The second kappa shape index (κ2) is 10.8. The Morgan fingerprint density at radius 2 is 1.70 bits per heavy atom. The highest BCUT2D eigenvalue weighted by Gasteiger charge is 2.44. The average molecular weight is 501 g/mol. The van der Waals surface area contributed by atoms with Crippen molar-refractivity contribution in [1.29, 1.82) is 0 Å². The molecule has 1 atom stereocenters. The summed E-state index contributed by atoms with van der Waals surface area (Å²) in [6.45, 7) is 0.115. The monoisotopic (exact) mass is 501 g/mol. The molecule has 1 heterocycles. The normalized spacial score (nSPS) is 14.9. The summed E-state index contributed by atoms with van der Waals surface area (Å²) in [5, 5.41) is 11.2. The van der Waals surface area contributed by atoms with Crippen LogP contribution < -0.4 is 4.90 Å². The lowest BCUT2D eigenvalue weighted by Gasteiger charge is -2.28. The predicted molar refractivity (Wildman–Crippen MR) is 133 cm³/mol. The van der Waals surface area contributed by atoms with Gasteiger partial charge in [0.2, 0.25) is 5.91 Å². The minimum absolute atomic E-state index is 0.0448. The van der Waals surface area contributed by atoms with Crippen LogP contribution in [0.4, 0.5) is 11.4 Å². The lowest BCUT2D eigenvalue weighted by atomic mass is 10.1. The number of rotatable bonds is 8. The van der Waals surface area contributed by atoms with Crippen molar-refractivity contribution in [3.63, 3.8) is 0 Å². The minimum atomic E-state index is -1.09. The number of hydrogen-bond acceptors (Lipinski definition) is 7. The molecule has 1 fully saturated rings. The van der Waals surface area contributed by atoms with E-state index in [0.29, 0.717) is 6.42 Å². The van der Waals surface area contributed by atoms with Gasteiger partial charge in [0.05, 0.1) is 29.7 Å². The Morgan fingerprint density at radius 1 is 1.00 bits per heavy atom. The molecular weight excluding hydrogens is 478 g/mol. The van der Waals surface area contributed by atoms with Gasteiger partial charge in [-0.3, -0.25) is 24.5 Å². The van der Waals surface area contributed by atoms with Crippen molar-refractivity contribution < 1.29 is 28.8 Å². The number of hydrogen-bond donors (Lipinski definition) is 0. The summed E-state index contributed by atoms with van der Waals surface area (Å²) in [6.07, 6.45) is 0.167. The summed E-state index contributed by atoms with van der Waals surface area (Å²) in [5.41, 5.74) is 1.23. The number of ether oxygens (including phenoxy) is 1. The van der Waals surface area contributed by atoms with Gasteiger partial charge in [0.25, 0.3) is 17.5 Å². The number of nitro groups is 1. The van der Waals surface area contributed by atoms with E-state index in [2.05, 4.69) is 4.74 Å². The van der Waals surface area contributed by atoms with Gasteiger partial charge >= 0.3 is 5.97 Å². The largest absolute Gasteiger partial charge is 0.465 e. The third kappa shape index (κ3) is 5.37. The number of esters is 1. The lowest BCUT2D eigenvalue weighted by Crippen LogP contribution is -2.46. The SMILES string of the molecule is COC(=O)c1ccc(N2C(=O)CC(N(CCc3ccccc3)C(=O)c3cccc([N+](=O)[O-])c3)C2=O)cc1. The molecule has 37 heavy (non-hydrogen) atoms. The fraction of sp³-hybridized carbons (Fsp3) is 0.185. The van der Waals surface area contributed by atoms with Gasteiger partial charge in [-0.2, -0.15) is 0 Å². The van der Waals surface area contributed by atoms with E-state index >= 15 is 0 Å². The van der Waals surface area contributed by atoms with Crippen molar-refractivity contribution >= 4 is 35.1 Å². The van der Waals surface area contributed by atoms with Gasteiger partial charge in [0.1, 0.15) is 6.04 Å². The number of nitro benzene ring substituents is 1. The van der Waals surface area contributed by atoms with Crippen LogP contribution in [0.3, 0.4) is 0 Å². The average Bonchev–Trinajstić information content (AvgIpc) is 3.22. The third-order valence-corrected chi connectivity index (χ3v) is 6.09. The van der Waals surface area contributed by atoms with Crippen molar-refractivity contribution in [2.24, 2.45) is 0 Å². The fourth-order valence-electron chi connectivity index (χ4n) is 4.21. The zero-order valence-corrected chi connectivity index (χ0v) is 19.9. The van der Waals surface area contributed by atoms with Crippen molar-refractivity contribution in [3.05, 3.63) is 106 Å². The summed E-state index contributed by atoms with van der Waals surface area (Å²) in [7, 11) is 1.25. The van der Waals surface area contributed by atoms with Crippen LogP contribution in [0, 0.1) is 10.1 Å². The van der Waals surface area contributed by atoms with Crippen molar-refractivity contribution in [2.45, 2.75) is 18.9 Å². The number of benzene rings is 3. The molecule has 1 aliphatic heterocycles. The minimum Gasteiger partial charge on any atom is -0.465 e. The third-order valence-electron chi connectivity index (χ3n) is 6.09. The fourth-order valence-corrected chi connectivity index (χ4v) is 4.21. The summed E-state index contributed by atoms with van der Waals surface area (Å²) < 4.78 is 4.67. The number of non-ortho nitro benzene ring substituents is 1. The van der Waals surface area contributed by atoms with Crippen molar-refractivity contribution in [2.75, 3.05) is 18.6 Å². The molecule has 1 unspecified atom stereocenters. The number of amides is 3. The lowest BCUT2D eigenvalue weighted by molar-refractivity contribution is -0.384. The van der Waals surface area contributed by atoms with Crippen LogP contribution >= 0.6 is 0 Å². The first-order valence-electron chi connectivity index (χ1n) is 11.4. The predicted octanol–water partition coefficient (Wildman–Crippen LogP) is 3.40. The number of imide groups is 1. The molecule has 0 saturated carbocycles. The first kappa shape index (κ1) is 25.2. The van der Waals surface area contributed by atoms with Gasteiger partial charge in [-0.25, -0.2) is 9.69 Å². The Kier molecular flexibility index (Phi) is 7.38. The molecule has 3 aromatic carbocycles. The van der Waals surface area contributed by atoms with Crippen molar-refractivity contribution in [1.82, 2.24) is 4.90 Å². The summed E-state index contributed by atoms with van der Waals surface area (Å²) in [4.78, 5) is 64.6. The molecule has 1 aliphatic rings. The smallest absolute Gasteiger partial charge is 0.337 e. The van der Waals surface area contributed by atoms with E-state index in [4.69, 9.17) is 0 Å². The number of nitrogens with zero attached hydrogens (tertiary/aromatic N) is 3. The Balaban J connectivity index is 1.64. The molecule has 0 radical (unpaired) electrons. The van der Waals surface area contributed by atoms with Gasteiger partial charge in [-0.1, -0.05) is 36.4 Å².